The molecule has 1 aliphatic heterocycles. The number of anilines is 3. The van der Waals surface area contributed by atoms with Gasteiger partial charge in [-0.3, -0.25) is 14.6 Å². The number of hydrogen-bond donors (Lipinski definition) is 2. The van der Waals surface area contributed by atoms with E-state index in [2.05, 4.69) is 15.3 Å². The number of rotatable bonds is 6. The lowest BCUT2D eigenvalue weighted by atomic mass is 10.1. The first-order valence-electron chi connectivity index (χ1n) is 12.5. The second-order valence-corrected chi connectivity index (χ2v) is 9.37. The van der Waals surface area contributed by atoms with Crippen molar-refractivity contribution in [2.24, 2.45) is 4.99 Å². The van der Waals surface area contributed by atoms with E-state index in [9.17, 15) is 18.4 Å². The number of amides is 1. The highest BCUT2D eigenvalue weighted by atomic mass is 19.1. The van der Waals surface area contributed by atoms with Crippen molar-refractivity contribution in [3.05, 3.63) is 75.7 Å². The van der Waals surface area contributed by atoms with E-state index in [-0.39, 0.29) is 11.7 Å². The number of nitrogens with zero attached hydrogens (tertiary/aromatic N) is 4. The Labute approximate surface area is 212 Å². The minimum Gasteiger partial charge on any atom is -0.398 e. The summed E-state index contributed by atoms with van der Waals surface area (Å²) >= 11 is 0. The quantitative estimate of drug-likeness (QED) is 0.383. The van der Waals surface area contributed by atoms with Crippen LogP contribution in [0.15, 0.2) is 52.3 Å². The van der Waals surface area contributed by atoms with Gasteiger partial charge in [0.1, 0.15) is 11.4 Å². The van der Waals surface area contributed by atoms with Gasteiger partial charge < -0.3 is 16.0 Å². The Morgan fingerprint density at radius 2 is 1.70 bits per heavy atom. The van der Waals surface area contributed by atoms with Crippen molar-refractivity contribution >= 4 is 29.2 Å². The molecule has 5 rings (SSSR count). The van der Waals surface area contributed by atoms with Crippen molar-refractivity contribution < 1.29 is 13.6 Å². The first-order chi connectivity index (χ1) is 17.9. The Kier molecular flexibility index (Phi) is 6.98. The second-order valence-electron chi connectivity index (χ2n) is 9.37. The number of aromatic nitrogens is 2. The molecule has 1 saturated carbocycles. The summed E-state index contributed by atoms with van der Waals surface area (Å²) in [4.78, 5) is 32.5. The zero-order valence-electron chi connectivity index (χ0n) is 20.3. The van der Waals surface area contributed by atoms with Crippen LogP contribution in [0.25, 0.3) is 5.69 Å². The fourth-order valence-electron chi connectivity index (χ4n) is 4.95. The highest BCUT2D eigenvalue weighted by molar-refractivity contribution is 6.08. The Balaban J connectivity index is 1.50. The summed E-state index contributed by atoms with van der Waals surface area (Å²) < 4.78 is 29.2. The molecule has 1 amide bonds. The molecule has 2 aromatic carbocycles. The zero-order chi connectivity index (χ0) is 25.9. The highest BCUT2D eigenvalue weighted by Crippen LogP contribution is 2.36. The molecule has 0 spiro atoms. The molecule has 2 heterocycles. The van der Waals surface area contributed by atoms with Crippen molar-refractivity contribution in [2.45, 2.75) is 44.6 Å². The molecule has 10 heteroatoms. The lowest BCUT2D eigenvalue weighted by molar-refractivity contribution is 0.102. The molecular formula is C27H28F2N6O2. The largest absolute Gasteiger partial charge is 0.398 e. The van der Waals surface area contributed by atoms with Gasteiger partial charge in [-0.05, 0) is 56.0 Å². The van der Waals surface area contributed by atoms with Crippen molar-refractivity contribution in [2.75, 3.05) is 29.0 Å². The van der Waals surface area contributed by atoms with Crippen LogP contribution in [0.4, 0.5) is 25.8 Å². The Morgan fingerprint density at radius 1 is 1.00 bits per heavy atom. The predicted octanol–water partition coefficient (Wildman–Crippen LogP) is 4.31. The van der Waals surface area contributed by atoms with E-state index in [1.807, 2.05) is 6.21 Å². The average molecular weight is 507 g/mol. The van der Waals surface area contributed by atoms with Crippen LogP contribution in [0.1, 0.15) is 54.6 Å². The van der Waals surface area contributed by atoms with Gasteiger partial charge >= 0.3 is 0 Å². The summed E-state index contributed by atoms with van der Waals surface area (Å²) in [5.74, 6) is -2.56. The molecule has 37 heavy (non-hydrogen) atoms. The monoisotopic (exact) mass is 506 g/mol. The summed E-state index contributed by atoms with van der Waals surface area (Å²) in [5, 5.41) is 6.83. The van der Waals surface area contributed by atoms with Crippen LogP contribution in [0.3, 0.4) is 0 Å². The van der Waals surface area contributed by atoms with Gasteiger partial charge in [0.05, 0.1) is 11.4 Å². The third-order valence-corrected chi connectivity index (χ3v) is 6.84. The Bertz CT molecular complexity index is 1390. The molecular weight excluding hydrogens is 478 g/mol. The van der Waals surface area contributed by atoms with Gasteiger partial charge in [0.2, 0.25) is 0 Å². The van der Waals surface area contributed by atoms with Gasteiger partial charge in [0.25, 0.3) is 11.5 Å². The van der Waals surface area contributed by atoms with Gasteiger partial charge in [-0.1, -0.05) is 18.9 Å². The molecule has 3 aromatic rings. The van der Waals surface area contributed by atoms with E-state index in [0.717, 1.165) is 68.2 Å². The summed E-state index contributed by atoms with van der Waals surface area (Å²) in [5.41, 5.74) is 7.38. The fourth-order valence-corrected chi connectivity index (χ4v) is 4.95. The van der Waals surface area contributed by atoms with E-state index < -0.39 is 28.8 Å². The summed E-state index contributed by atoms with van der Waals surface area (Å²) in [6, 6.07) is 9.21. The SMILES string of the molecule is Nc1ccc(NC(=O)c2ccc(=O)n(-c3c(F)cccc3F)n2)c(N2CCCC2)c1C=NC1CCCC1. The fraction of sp³-hybridized carbons (Fsp3) is 0.333. The Hall–Kier alpha value is -4.08. The normalized spacial score (nSPS) is 16.1. The second kappa shape index (κ2) is 10.5. The van der Waals surface area contributed by atoms with Gasteiger partial charge in [-0.2, -0.15) is 9.78 Å². The summed E-state index contributed by atoms with van der Waals surface area (Å²) in [7, 11) is 0. The van der Waals surface area contributed by atoms with Crippen LogP contribution in [0.5, 0.6) is 0 Å². The summed E-state index contributed by atoms with van der Waals surface area (Å²) in [6.45, 7) is 1.62. The molecule has 0 bridgehead atoms. The predicted molar refractivity (Wildman–Crippen MR) is 140 cm³/mol. The number of carbonyl (C=O) groups is 1. The van der Waals surface area contributed by atoms with Gasteiger partial charge in [-0.15, -0.1) is 0 Å². The van der Waals surface area contributed by atoms with E-state index in [1.54, 1.807) is 12.1 Å². The highest BCUT2D eigenvalue weighted by Gasteiger charge is 2.24. The number of nitrogen functional groups attached to an aromatic ring is 1. The molecule has 0 atom stereocenters. The van der Waals surface area contributed by atoms with E-state index in [0.29, 0.717) is 16.1 Å². The average Bonchev–Trinajstić information content (AvgIpc) is 3.59. The van der Waals surface area contributed by atoms with Crippen molar-refractivity contribution in [1.82, 2.24) is 9.78 Å². The van der Waals surface area contributed by atoms with E-state index >= 15 is 0 Å². The molecule has 0 unspecified atom stereocenters. The third-order valence-electron chi connectivity index (χ3n) is 6.84. The van der Waals surface area contributed by atoms with Crippen molar-refractivity contribution in [3.8, 4) is 5.69 Å². The maximum absolute atomic E-state index is 14.3. The standard InChI is InChI=1S/C27H28F2N6O2/c28-19-8-5-9-20(29)26(19)35-24(36)13-12-23(33-35)27(37)32-22-11-10-21(30)18(16-31-17-6-1-2-7-17)25(22)34-14-3-4-15-34/h5,8-13,16-17H,1-4,6-7,14-15,30H2,(H,32,37). The van der Waals surface area contributed by atoms with Crippen LogP contribution >= 0.6 is 0 Å². The van der Waals surface area contributed by atoms with Crippen LogP contribution in [-0.4, -0.2) is 41.0 Å². The minimum absolute atomic E-state index is 0.173. The van der Waals surface area contributed by atoms with Crippen LogP contribution in [0.2, 0.25) is 0 Å². The van der Waals surface area contributed by atoms with E-state index in [4.69, 9.17) is 10.7 Å². The lowest BCUT2D eigenvalue weighted by Crippen LogP contribution is -2.27. The number of benzene rings is 2. The molecule has 0 radical (unpaired) electrons. The van der Waals surface area contributed by atoms with Gasteiger partial charge in [0.15, 0.2) is 11.6 Å². The minimum atomic E-state index is -0.965. The van der Waals surface area contributed by atoms with Gasteiger partial charge in [-0.25, -0.2) is 8.78 Å². The number of para-hydroxylation sites is 1. The van der Waals surface area contributed by atoms with Crippen LogP contribution in [-0.2, 0) is 0 Å². The number of carbonyl (C=O) groups excluding carboxylic acids is 1. The number of nitrogens with one attached hydrogen (secondary N) is 1. The third kappa shape index (κ3) is 5.09. The van der Waals surface area contributed by atoms with Crippen LogP contribution < -0.4 is 21.5 Å². The molecule has 2 fully saturated rings. The molecule has 3 N–H and O–H groups in total. The van der Waals surface area contributed by atoms with E-state index in [1.165, 1.54) is 25.0 Å². The molecule has 1 aromatic heterocycles. The lowest BCUT2D eigenvalue weighted by Gasteiger charge is -2.25. The molecule has 1 saturated heterocycles. The maximum Gasteiger partial charge on any atom is 0.276 e. The first kappa shape index (κ1) is 24.6. The maximum atomic E-state index is 14.3. The molecule has 192 valence electrons. The van der Waals surface area contributed by atoms with Crippen molar-refractivity contribution in [1.29, 1.82) is 0 Å². The smallest absolute Gasteiger partial charge is 0.276 e. The van der Waals surface area contributed by atoms with Crippen LogP contribution in [0, 0.1) is 11.6 Å². The topological polar surface area (TPSA) is 106 Å². The van der Waals surface area contributed by atoms with Gasteiger partial charge in [0, 0.05) is 42.7 Å². The Morgan fingerprint density at radius 3 is 2.41 bits per heavy atom. The summed E-state index contributed by atoms with van der Waals surface area (Å²) in [6.07, 6.45) is 8.28. The molecule has 1 aliphatic carbocycles. The first-order valence-corrected chi connectivity index (χ1v) is 12.5. The molecule has 2 aliphatic rings. The zero-order valence-corrected chi connectivity index (χ0v) is 20.3. The number of halogens is 2. The van der Waals surface area contributed by atoms with Crippen molar-refractivity contribution in [3.63, 3.8) is 0 Å². The number of hydrogen-bond acceptors (Lipinski definition) is 6. The number of nitrogens with two attached hydrogens (primary N) is 1. The molecule has 8 nitrogen and oxygen atoms in total. The number of aliphatic imine (C=N–C) groups is 1.